The van der Waals surface area contributed by atoms with Crippen LogP contribution in [-0.4, -0.2) is 40.6 Å². The van der Waals surface area contributed by atoms with Gasteiger partial charge in [-0.1, -0.05) is 72.8 Å². The second kappa shape index (κ2) is 11.2. The number of fused-ring (bicyclic) bond motifs is 1. The number of carboxylic acids is 1. The minimum atomic E-state index is -0.981. The number of rotatable bonds is 11. The first-order valence-electron chi connectivity index (χ1n) is 12.3. The van der Waals surface area contributed by atoms with Gasteiger partial charge in [0.25, 0.3) is 0 Å². The predicted molar refractivity (Wildman–Crippen MR) is 137 cm³/mol. The second-order valence-corrected chi connectivity index (χ2v) is 9.63. The van der Waals surface area contributed by atoms with Crippen LogP contribution < -0.4 is 4.74 Å². The average Bonchev–Trinajstić information content (AvgIpc) is 3.17. The Hall–Kier alpha value is -3.60. The van der Waals surface area contributed by atoms with E-state index in [0.717, 1.165) is 37.0 Å². The van der Waals surface area contributed by atoms with Gasteiger partial charge in [-0.2, -0.15) is 0 Å². The van der Waals surface area contributed by atoms with Gasteiger partial charge in [0.05, 0.1) is 0 Å². The maximum atomic E-state index is 12.9. The van der Waals surface area contributed by atoms with E-state index in [1.165, 1.54) is 21.6 Å². The van der Waals surface area contributed by atoms with E-state index in [4.69, 9.17) is 4.74 Å². The molecule has 3 aromatic rings. The number of hydrogen-bond acceptors (Lipinski definition) is 3. The van der Waals surface area contributed by atoms with Gasteiger partial charge in [-0.25, -0.2) is 0 Å². The Morgan fingerprint density at radius 2 is 1.60 bits per heavy atom. The number of ether oxygens (including phenoxy) is 1. The number of carbonyl (C=O) groups is 2. The molecule has 1 atom stereocenters. The lowest BCUT2D eigenvalue weighted by Crippen LogP contribution is -2.36. The van der Waals surface area contributed by atoms with Gasteiger partial charge in [0, 0.05) is 25.8 Å². The molecule has 0 aliphatic carbocycles. The Labute approximate surface area is 207 Å². The minimum Gasteiger partial charge on any atom is -0.487 e. The molecule has 35 heavy (non-hydrogen) atoms. The maximum Gasteiger partial charge on any atom is 0.323 e. The molecular formula is C30H33NO4. The Morgan fingerprint density at radius 3 is 2.29 bits per heavy atom. The number of carbonyl (C=O) groups excluding carboxylic acids is 1. The number of aryl methyl sites for hydroxylation is 2. The predicted octanol–water partition coefficient (Wildman–Crippen LogP) is 5.10. The first-order chi connectivity index (χ1) is 16.9. The third-order valence-corrected chi connectivity index (χ3v) is 6.51. The topological polar surface area (TPSA) is 66.8 Å². The molecule has 0 spiro atoms. The van der Waals surface area contributed by atoms with E-state index in [1.54, 1.807) is 0 Å². The summed E-state index contributed by atoms with van der Waals surface area (Å²) in [6, 6.07) is 26.5. The lowest BCUT2D eigenvalue weighted by atomic mass is 9.91. The molecule has 4 rings (SSSR count). The molecule has 0 saturated carbocycles. The van der Waals surface area contributed by atoms with Crippen LogP contribution in [0.25, 0.3) is 0 Å². The van der Waals surface area contributed by atoms with Crippen LogP contribution in [0.3, 0.4) is 0 Å². The maximum absolute atomic E-state index is 12.9. The molecule has 1 heterocycles. The first-order valence-corrected chi connectivity index (χ1v) is 12.3. The highest BCUT2D eigenvalue weighted by atomic mass is 16.5. The molecule has 0 bridgehead atoms. The zero-order chi connectivity index (χ0) is 24.7. The second-order valence-electron chi connectivity index (χ2n) is 9.63. The third-order valence-electron chi connectivity index (χ3n) is 6.51. The van der Waals surface area contributed by atoms with Crippen LogP contribution >= 0.6 is 0 Å². The van der Waals surface area contributed by atoms with Crippen molar-refractivity contribution < 1.29 is 19.4 Å². The van der Waals surface area contributed by atoms with E-state index in [2.05, 4.69) is 25.1 Å². The number of carboxylic acid groups (broad SMARTS) is 1. The molecule has 5 nitrogen and oxygen atoms in total. The fourth-order valence-corrected chi connectivity index (χ4v) is 4.84. The van der Waals surface area contributed by atoms with Gasteiger partial charge >= 0.3 is 5.97 Å². The molecule has 5 heteroatoms. The summed E-state index contributed by atoms with van der Waals surface area (Å²) in [5.41, 5.74) is 4.40. The fourth-order valence-electron chi connectivity index (χ4n) is 4.84. The first kappa shape index (κ1) is 24.5. The molecule has 0 unspecified atom stereocenters. The smallest absolute Gasteiger partial charge is 0.323 e. The molecule has 3 aromatic carbocycles. The van der Waals surface area contributed by atoms with Crippen molar-refractivity contribution in [2.24, 2.45) is 0 Å². The number of benzene rings is 3. The average molecular weight is 472 g/mol. The van der Waals surface area contributed by atoms with Gasteiger partial charge in [-0.15, -0.1) is 0 Å². The summed E-state index contributed by atoms with van der Waals surface area (Å²) in [6.07, 6.45) is 4.08. The number of aliphatic carboxylic acids is 1. The van der Waals surface area contributed by atoms with E-state index in [0.29, 0.717) is 19.4 Å². The van der Waals surface area contributed by atoms with Gasteiger partial charge < -0.3 is 14.7 Å². The van der Waals surface area contributed by atoms with E-state index < -0.39 is 5.97 Å². The van der Waals surface area contributed by atoms with Gasteiger partial charge in [0.1, 0.15) is 17.9 Å². The standard InChI is InChI=1S/C30H33NO4/c1-30(20-25-11-6-3-7-12-25)21-26-19-24(14-16-27(26)35-30)15-17-28(32)31(22-29(33)34)18-8-13-23-9-4-2-5-10-23/h2-7,9-12,14,16,19H,8,13,15,17-18,20-22H2,1H3,(H,33,34)/t30-/m1/s1. The molecule has 0 radical (unpaired) electrons. The Kier molecular flexibility index (Phi) is 7.86. The van der Waals surface area contributed by atoms with Gasteiger partial charge in [-0.3, -0.25) is 9.59 Å². The number of amides is 1. The largest absolute Gasteiger partial charge is 0.487 e. The molecule has 1 amide bonds. The van der Waals surface area contributed by atoms with Crippen molar-refractivity contribution in [2.75, 3.05) is 13.1 Å². The molecule has 0 fully saturated rings. The van der Waals surface area contributed by atoms with Crippen LogP contribution in [0.1, 0.15) is 42.0 Å². The summed E-state index contributed by atoms with van der Waals surface area (Å²) in [4.78, 5) is 25.7. The molecular weight excluding hydrogens is 438 g/mol. The molecule has 182 valence electrons. The van der Waals surface area contributed by atoms with Crippen molar-refractivity contribution in [2.45, 2.75) is 51.0 Å². The van der Waals surface area contributed by atoms with Crippen molar-refractivity contribution in [3.05, 3.63) is 101 Å². The van der Waals surface area contributed by atoms with Crippen molar-refractivity contribution in [1.29, 1.82) is 0 Å². The van der Waals surface area contributed by atoms with Crippen LogP contribution in [0.4, 0.5) is 0 Å². The van der Waals surface area contributed by atoms with E-state index in [-0.39, 0.29) is 18.1 Å². The summed E-state index contributed by atoms with van der Waals surface area (Å²) in [5, 5.41) is 9.29. The molecule has 1 N–H and O–H groups in total. The lowest BCUT2D eigenvalue weighted by molar-refractivity contribution is -0.144. The van der Waals surface area contributed by atoms with Crippen LogP contribution in [0.2, 0.25) is 0 Å². The number of nitrogens with zero attached hydrogens (tertiary/aromatic N) is 1. The Bertz CT molecular complexity index is 1150. The van der Waals surface area contributed by atoms with Gasteiger partial charge in [0.2, 0.25) is 5.91 Å². The zero-order valence-corrected chi connectivity index (χ0v) is 20.3. The quantitative estimate of drug-likeness (QED) is 0.422. The molecule has 0 saturated heterocycles. The van der Waals surface area contributed by atoms with Gasteiger partial charge in [-0.05, 0) is 54.5 Å². The summed E-state index contributed by atoms with van der Waals surface area (Å²) < 4.78 is 6.30. The van der Waals surface area contributed by atoms with E-state index >= 15 is 0 Å². The Balaban J connectivity index is 1.32. The zero-order valence-electron chi connectivity index (χ0n) is 20.3. The molecule has 1 aliphatic rings. The third kappa shape index (κ3) is 6.95. The normalized spacial score (nSPS) is 16.4. The van der Waals surface area contributed by atoms with Crippen LogP contribution in [0.15, 0.2) is 78.9 Å². The summed E-state index contributed by atoms with van der Waals surface area (Å²) in [5.74, 6) is -0.191. The van der Waals surface area contributed by atoms with Crippen molar-refractivity contribution in [3.8, 4) is 5.75 Å². The van der Waals surface area contributed by atoms with E-state index in [1.807, 2.05) is 60.7 Å². The Morgan fingerprint density at radius 1 is 0.914 bits per heavy atom. The molecule has 1 aliphatic heterocycles. The van der Waals surface area contributed by atoms with Crippen molar-refractivity contribution in [1.82, 2.24) is 4.90 Å². The highest BCUT2D eigenvalue weighted by molar-refractivity contribution is 5.81. The lowest BCUT2D eigenvalue weighted by Gasteiger charge is -2.24. The molecule has 0 aromatic heterocycles. The van der Waals surface area contributed by atoms with Gasteiger partial charge in [0.15, 0.2) is 0 Å². The highest BCUT2D eigenvalue weighted by Crippen LogP contribution is 2.37. The van der Waals surface area contributed by atoms with Crippen molar-refractivity contribution >= 4 is 11.9 Å². The van der Waals surface area contributed by atoms with Crippen LogP contribution in [0, 0.1) is 0 Å². The number of hydrogen-bond donors (Lipinski definition) is 1. The monoisotopic (exact) mass is 471 g/mol. The van der Waals surface area contributed by atoms with Crippen molar-refractivity contribution in [3.63, 3.8) is 0 Å². The summed E-state index contributed by atoms with van der Waals surface area (Å²) in [7, 11) is 0. The van der Waals surface area contributed by atoms with Crippen LogP contribution in [0.5, 0.6) is 5.75 Å². The van der Waals surface area contributed by atoms with E-state index in [9.17, 15) is 14.7 Å². The fraction of sp³-hybridized carbons (Fsp3) is 0.333. The summed E-state index contributed by atoms with van der Waals surface area (Å²) in [6.45, 7) is 2.32. The summed E-state index contributed by atoms with van der Waals surface area (Å²) >= 11 is 0. The highest BCUT2D eigenvalue weighted by Gasteiger charge is 2.35. The minimum absolute atomic E-state index is 0.119. The van der Waals surface area contributed by atoms with Crippen LogP contribution in [-0.2, 0) is 35.3 Å². The SMILES string of the molecule is C[C@@]1(Cc2ccccc2)Cc2cc(CCC(=O)N(CCCc3ccccc3)CC(=O)O)ccc2O1.